The Balaban J connectivity index is 1.53. The molecule has 4 heteroatoms. The number of likely N-dealkylation sites (N-methyl/N-ethyl adjacent to an activating group) is 1. The van der Waals surface area contributed by atoms with Gasteiger partial charge in [-0.05, 0) is 37.3 Å². The molecule has 1 N–H and O–H groups in total. The highest BCUT2D eigenvalue weighted by Gasteiger charge is 2.38. The highest BCUT2D eigenvalue weighted by Crippen LogP contribution is 2.43. The molecule has 0 radical (unpaired) electrons. The molecule has 22 heavy (non-hydrogen) atoms. The lowest BCUT2D eigenvalue weighted by Gasteiger charge is -2.42. The molecule has 1 saturated heterocycles. The number of nitrogens with zero attached hydrogens (tertiary/aromatic N) is 1. The summed E-state index contributed by atoms with van der Waals surface area (Å²) in [6, 6.07) is 10.6. The summed E-state index contributed by atoms with van der Waals surface area (Å²) in [6.07, 6.45) is 4.42. The summed E-state index contributed by atoms with van der Waals surface area (Å²) in [4.78, 5) is 14.5. The van der Waals surface area contributed by atoms with E-state index in [0.29, 0.717) is 13.2 Å². The van der Waals surface area contributed by atoms with E-state index in [1.807, 2.05) is 7.05 Å². The average molecular weight is 302 g/mol. The summed E-state index contributed by atoms with van der Waals surface area (Å²) in [5, 5.41) is 3.15. The van der Waals surface area contributed by atoms with E-state index in [1.54, 1.807) is 0 Å². The molecule has 3 rings (SSSR count). The molecule has 0 bridgehead atoms. The van der Waals surface area contributed by atoms with Crippen molar-refractivity contribution in [3.8, 4) is 0 Å². The molecule has 2 aliphatic rings. The molecule has 1 aromatic carbocycles. The number of carbonyl (C=O) groups excluding carboxylic acids is 1. The van der Waals surface area contributed by atoms with Crippen LogP contribution in [0.5, 0.6) is 0 Å². The van der Waals surface area contributed by atoms with Gasteiger partial charge in [0.25, 0.3) is 0 Å². The Morgan fingerprint density at radius 3 is 2.77 bits per heavy atom. The Morgan fingerprint density at radius 2 is 2.14 bits per heavy atom. The van der Waals surface area contributed by atoms with Gasteiger partial charge in [-0.3, -0.25) is 4.79 Å². The molecule has 2 fully saturated rings. The molecular formula is C18H26N2O2. The zero-order valence-electron chi connectivity index (χ0n) is 13.4. The van der Waals surface area contributed by atoms with Crippen molar-refractivity contribution in [3.63, 3.8) is 0 Å². The van der Waals surface area contributed by atoms with E-state index in [0.717, 1.165) is 19.5 Å². The summed E-state index contributed by atoms with van der Waals surface area (Å²) >= 11 is 0. The highest BCUT2D eigenvalue weighted by atomic mass is 16.5. The van der Waals surface area contributed by atoms with Crippen molar-refractivity contribution in [3.05, 3.63) is 35.9 Å². The number of morpholine rings is 1. The Kier molecular flexibility index (Phi) is 4.79. The Hall–Kier alpha value is -1.39. The Morgan fingerprint density at radius 1 is 1.36 bits per heavy atom. The van der Waals surface area contributed by atoms with Crippen LogP contribution in [0.1, 0.15) is 24.8 Å². The minimum atomic E-state index is -0.312. The number of carbonyl (C=O) groups is 1. The van der Waals surface area contributed by atoms with E-state index < -0.39 is 0 Å². The standard InChI is InChI=1S/C18H26N2O2/c1-20-10-11-22-16(13-20)17(21)19-14-18(8-5-9-18)12-15-6-3-2-4-7-15/h2-4,6-7,16H,5,8-14H2,1H3,(H,19,21)/t16-/m0/s1. The van der Waals surface area contributed by atoms with Crippen molar-refractivity contribution in [1.29, 1.82) is 0 Å². The Labute approximate surface area is 132 Å². The number of rotatable bonds is 5. The SMILES string of the molecule is CN1CCO[C@H](C(=O)NCC2(Cc3ccccc3)CCC2)C1. The van der Waals surface area contributed by atoms with E-state index in [9.17, 15) is 4.79 Å². The summed E-state index contributed by atoms with van der Waals surface area (Å²) in [6.45, 7) is 3.01. The third-order valence-electron chi connectivity index (χ3n) is 5.04. The molecule has 1 saturated carbocycles. The van der Waals surface area contributed by atoms with Crippen molar-refractivity contribution < 1.29 is 9.53 Å². The van der Waals surface area contributed by atoms with Crippen LogP contribution < -0.4 is 5.32 Å². The monoisotopic (exact) mass is 302 g/mol. The molecule has 120 valence electrons. The number of hydrogen-bond acceptors (Lipinski definition) is 3. The molecule has 1 aliphatic heterocycles. The maximum absolute atomic E-state index is 12.3. The zero-order valence-corrected chi connectivity index (χ0v) is 13.4. The smallest absolute Gasteiger partial charge is 0.250 e. The maximum Gasteiger partial charge on any atom is 0.250 e. The quantitative estimate of drug-likeness (QED) is 0.902. The van der Waals surface area contributed by atoms with Gasteiger partial charge in [0.05, 0.1) is 6.61 Å². The van der Waals surface area contributed by atoms with Gasteiger partial charge in [-0.1, -0.05) is 36.8 Å². The van der Waals surface area contributed by atoms with Crippen LogP contribution in [0.2, 0.25) is 0 Å². The fourth-order valence-corrected chi connectivity index (χ4v) is 3.45. The van der Waals surface area contributed by atoms with Gasteiger partial charge in [-0.25, -0.2) is 0 Å². The van der Waals surface area contributed by atoms with Crippen LogP contribution >= 0.6 is 0 Å². The first-order valence-electron chi connectivity index (χ1n) is 8.29. The molecule has 1 aliphatic carbocycles. The lowest BCUT2D eigenvalue weighted by atomic mass is 9.65. The Bertz CT molecular complexity index is 499. The second-order valence-electron chi connectivity index (χ2n) is 6.86. The molecule has 1 amide bonds. The topological polar surface area (TPSA) is 41.6 Å². The first kappa shape index (κ1) is 15.5. The van der Waals surface area contributed by atoms with Crippen molar-refractivity contribution >= 4 is 5.91 Å². The third kappa shape index (κ3) is 3.68. The van der Waals surface area contributed by atoms with Gasteiger partial charge in [-0.15, -0.1) is 0 Å². The highest BCUT2D eigenvalue weighted by molar-refractivity contribution is 5.81. The predicted molar refractivity (Wildman–Crippen MR) is 86.7 cm³/mol. The maximum atomic E-state index is 12.3. The molecule has 4 nitrogen and oxygen atoms in total. The first-order chi connectivity index (χ1) is 10.7. The molecular weight excluding hydrogens is 276 g/mol. The van der Waals surface area contributed by atoms with E-state index in [1.165, 1.54) is 24.8 Å². The molecule has 0 spiro atoms. The fourth-order valence-electron chi connectivity index (χ4n) is 3.45. The van der Waals surface area contributed by atoms with Crippen LogP contribution in [-0.4, -0.2) is 50.2 Å². The van der Waals surface area contributed by atoms with Crippen molar-refractivity contribution in [2.45, 2.75) is 31.8 Å². The van der Waals surface area contributed by atoms with Crippen LogP contribution in [0.15, 0.2) is 30.3 Å². The molecule has 0 unspecified atom stereocenters. The van der Waals surface area contributed by atoms with Gasteiger partial charge >= 0.3 is 0 Å². The summed E-state index contributed by atoms with van der Waals surface area (Å²) in [7, 11) is 2.03. The van der Waals surface area contributed by atoms with Gasteiger partial charge in [0.15, 0.2) is 0 Å². The molecule has 1 atom stereocenters. The minimum absolute atomic E-state index is 0.0471. The van der Waals surface area contributed by atoms with Gasteiger partial charge in [0, 0.05) is 19.6 Å². The third-order valence-corrected chi connectivity index (χ3v) is 5.04. The summed E-state index contributed by atoms with van der Waals surface area (Å²) in [5.41, 5.74) is 1.61. The number of nitrogens with one attached hydrogen (secondary N) is 1. The van der Waals surface area contributed by atoms with Crippen molar-refractivity contribution in [2.75, 3.05) is 33.3 Å². The summed E-state index contributed by atoms with van der Waals surface area (Å²) < 4.78 is 5.59. The average Bonchev–Trinajstić information content (AvgIpc) is 2.50. The fraction of sp³-hybridized carbons (Fsp3) is 0.611. The predicted octanol–water partition coefficient (Wildman–Crippen LogP) is 1.85. The van der Waals surface area contributed by atoms with Crippen LogP contribution in [-0.2, 0) is 16.0 Å². The van der Waals surface area contributed by atoms with Crippen LogP contribution in [0.3, 0.4) is 0 Å². The normalized spacial score (nSPS) is 24.5. The van der Waals surface area contributed by atoms with E-state index >= 15 is 0 Å². The van der Waals surface area contributed by atoms with Gasteiger partial charge < -0.3 is 15.0 Å². The van der Waals surface area contributed by atoms with Crippen molar-refractivity contribution in [2.24, 2.45) is 5.41 Å². The lowest BCUT2D eigenvalue weighted by molar-refractivity contribution is -0.138. The van der Waals surface area contributed by atoms with Gasteiger partial charge in [0.1, 0.15) is 6.10 Å². The minimum Gasteiger partial charge on any atom is -0.366 e. The van der Waals surface area contributed by atoms with Crippen molar-refractivity contribution in [1.82, 2.24) is 10.2 Å². The second-order valence-corrected chi connectivity index (χ2v) is 6.86. The van der Waals surface area contributed by atoms with Crippen LogP contribution in [0.4, 0.5) is 0 Å². The number of hydrogen-bond donors (Lipinski definition) is 1. The largest absolute Gasteiger partial charge is 0.366 e. The van der Waals surface area contributed by atoms with E-state index in [2.05, 4.69) is 40.5 Å². The van der Waals surface area contributed by atoms with Gasteiger partial charge in [-0.2, -0.15) is 0 Å². The van der Waals surface area contributed by atoms with Crippen LogP contribution in [0, 0.1) is 5.41 Å². The van der Waals surface area contributed by atoms with E-state index in [4.69, 9.17) is 4.74 Å². The zero-order chi connectivity index (χ0) is 15.4. The van der Waals surface area contributed by atoms with Crippen LogP contribution in [0.25, 0.3) is 0 Å². The second kappa shape index (κ2) is 6.80. The van der Waals surface area contributed by atoms with Gasteiger partial charge in [0.2, 0.25) is 5.91 Å². The molecule has 1 aromatic rings. The lowest BCUT2D eigenvalue weighted by Crippen LogP contribution is -2.51. The molecule has 0 aromatic heterocycles. The van der Waals surface area contributed by atoms with E-state index in [-0.39, 0.29) is 17.4 Å². The first-order valence-corrected chi connectivity index (χ1v) is 8.29. The number of amides is 1. The summed E-state index contributed by atoms with van der Waals surface area (Å²) in [5.74, 6) is 0.0471. The number of ether oxygens (including phenoxy) is 1. The number of benzene rings is 1. The molecule has 1 heterocycles.